The van der Waals surface area contributed by atoms with Gasteiger partial charge >= 0.3 is 0 Å². The number of nitrogens with zero attached hydrogens (tertiary/aromatic N) is 3. The van der Waals surface area contributed by atoms with E-state index in [4.69, 9.17) is 4.98 Å². The Morgan fingerprint density at radius 3 is 2.78 bits per heavy atom. The number of benzene rings is 1. The molecule has 0 bridgehead atoms. The lowest BCUT2D eigenvalue weighted by molar-refractivity contribution is -0.116. The van der Waals surface area contributed by atoms with Crippen molar-refractivity contribution in [1.29, 1.82) is 0 Å². The Hall–Kier alpha value is -2.22. The number of rotatable bonds is 6. The normalized spacial score (nSPS) is 15.6. The number of hydrogen-bond donors (Lipinski definition) is 1. The van der Waals surface area contributed by atoms with Crippen molar-refractivity contribution in [3.8, 4) is 0 Å². The first kappa shape index (κ1) is 18.2. The molecule has 0 radical (unpaired) electrons. The molecule has 5 nitrogen and oxygen atoms in total. The second kappa shape index (κ2) is 8.65. The van der Waals surface area contributed by atoms with Crippen LogP contribution in [0.3, 0.4) is 0 Å². The summed E-state index contributed by atoms with van der Waals surface area (Å²) < 4.78 is 1.24. The highest BCUT2D eigenvalue weighted by atomic mass is 32.1. The third-order valence-electron chi connectivity index (χ3n) is 4.59. The van der Waals surface area contributed by atoms with Crippen LogP contribution in [0.25, 0.3) is 16.3 Å². The van der Waals surface area contributed by atoms with Gasteiger partial charge < -0.3 is 10.2 Å². The predicted octanol–water partition coefficient (Wildman–Crippen LogP) is 3.31. The van der Waals surface area contributed by atoms with Crippen molar-refractivity contribution in [2.45, 2.75) is 0 Å². The number of para-hydroxylation sites is 1. The van der Waals surface area contributed by atoms with E-state index in [9.17, 15) is 4.79 Å². The van der Waals surface area contributed by atoms with E-state index >= 15 is 0 Å². The van der Waals surface area contributed by atoms with Gasteiger partial charge in [-0.2, -0.15) is 0 Å². The van der Waals surface area contributed by atoms with Crippen molar-refractivity contribution in [1.82, 2.24) is 15.2 Å². The Kier molecular flexibility index (Phi) is 5.81. The molecule has 2 aromatic heterocycles. The molecule has 1 saturated heterocycles. The number of carbonyl (C=O) groups is 1. The third-order valence-corrected chi connectivity index (χ3v) is 6.53. The number of anilines is 1. The molecule has 1 aliphatic rings. The van der Waals surface area contributed by atoms with Gasteiger partial charge in [0.05, 0.1) is 10.2 Å². The van der Waals surface area contributed by atoms with Gasteiger partial charge in [0.25, 0.3) is 0 Å². The van der Waals surface area contributed by atoms with Gasteiger partial charge in [-0.1, -0.05) is 29.5 Å². The fourth-order valence-electron chi connectivity index (χ4n) is 3.10. The molecular weight excluding hydrogens is 376 g/mol. The van der Waals surface area contributed by atoms with Gasteiger partial charge in [-0.25, -0.2) is 4.98 Å². The quantitative estimate of drug-likeness (QED) is 0.647. The topological polar surface area (TPSA) is 48.5 Å². The summed E-state index contributed by atoms with van der Waals surface area (Å²) in [5.74, 6) is -0.0310. The molecule has 27 heavy (non-hydrogen) atoms. The maximum absolute atomic E-state index is 11.9. The first-order valence-corrected chi connectivity index (χ1v) is 10.8. The zero-order valence-corrected chi connectivity index (χ0v) is 16.6. The van der Waals surface area contributed by atoms with Crippen LogP contribution in [-0.4, -0.2) is 55.1 Å². The molecule has 1 aromatic carbocycles. The zero-order chi connectivity index (χ0) is 18.5. The van der Waals surface area contributed by atoms with Crippen molar-refractivity contribution in [2.75, 3.05) is 44.2 Å². The highest BCUT2D eigenvalue weighted by Gasteiger charge is 2.19. The largest absolute Gasteiger partial charge is 0.351 e. The SMILES string of the molecule is O=C(/C=C/c1cccs1)NCCN1CCN(c2nc3ccccc3s2)CC1. The van der Waals surface area contributed by atoms with Gasteiger partial charge in [-0.3, -0.25) is 9.69 Å². The monoisotopic (exact) mass is 398 g/mol. The van der Waals surface area contributed by atoms with Crippen LogP contribution in [-0.2, 0) is 4.79 Å². The van der Waals surface area contributed by atoms with Gasteiger partial charge in [0.1, 0.15) is 0 Å². The lowest BCUT2D eigenvalue weighted by Crippen LogP contribution is -2.48. The average molecular weight is 399 g/mol. The van der Waals surface area contributed by atoms with Crippen molar-refractivity contribution < 1.29 is 4.79 Å². The summed E-state index contributed by atoms with van der Waals surface area (Å²) in [5, 5.41) is 6.09. The summed E-state index contributed by atoms with van der Waals surface area (Å²) in [6.45, 7) is 5.51. The molecule has 1 N–H and O–H groups in total. The number of aromatic nitrogens is 1. The van der Waals surface area contributed by atoms with Crippen LogP contribution in [0.15, 0.2) is 47.9 Å². The second-order valence-electron chi connectivity index (χ2n) is 6.43. The number of piperazine rings is 1. The molecule has 0 saturated carbocycles. The summed E-state index contributed by atoms with van der Waals surface area (Å²) in [6, 6.07) is 12.3. The van der Waals surface area contributed by atoms with Crippen molar-refractivity contribution >= 4 is 50.0 Å². The van der Waals surface area contributed by atoms with E-state index in [0.717, 1.165) is 48.2 Å². The van der Waals surface area contributed by atoms with E-state index in [1.165, 1.54) is 4.70 Å². The maximum Gasteiger partial charge on any atom is 0.244 e. The zero-order valence-electron chi connectivity index (χ0n) is 15.0. The molecule has 1 amide bonds. The Labute approximate surface area is 166 Å². The Morgan fingerprint density at radius 2 is 2.00 bits per heavy atom. The number of carbonyl (C=O) groups excluding carboxylic acids is 1. The van der Waals surface area contributed by atoms with E-state index in [2.05, 4.69) is 33.3 Å². The minimum Gasteiger partial charge on any atom is -0.351 e. The van der Waals surface area contributed by atoms with Gasteiger partial charge in [-0.05, 0) is 29.7 Å². The third kappa shape index (κ3) is 4.74. The smallest absolute Gasteiger partial charge is 0.244 e. The predicted molar refractivity (Wildman–Crippen MR) is 115 cm³/mol. The summed E-state index contributed by atoms with van der Waals surface area (Å²) in [6.07, 6.45) is 3.47. The van der Waals surface area contributed by atoms with Crippen LogP contribution < -0.4 is 10.2 Å². The van der Waals surface area contributed by atoms with Crippen LogP contribution in [0.2, 0.25) is 0 Å². The summed E-state index contributed by atoms with van der Waals surface area (Å²) in [5.41, 5.74) is 1.08. The minimum atomic E-state index is -0.0310. The highest BCUT2D eigenvalue weighted by molar-refractivity contribution is 7.22. The standard InChI is InChI=1S/C20H22N4OS2/c25-19(8-7-16-4-3-15-26-16)21-9-10-23-11-13-24(14-12-23)20-22-17-5-1-2-6-18(17)27-20/h1-8,15H,9-14H2,(H,21,25)/b8-7+. The number of fused-ring (bicyclic) bond motifs is 1. The first-order valence-electron chi connectivity index (χ1n) is 9.10. The first-order chi connectivity index (χ1) is 13.3. The van der Waals surface area contributed by atoms with Crippen LogP contribution in [0.4, 0.5) is 5.13 Å². The molecule has 0 unspecified atom stereocenters. The Morgan fingerprint density at radius 1 is 1.15 bits per heavy atom. The van der Waals surface area contributed by atoms with Gasteiger partial charge in [0.2, 0.25) is 5.91 Å². The van der Waals surface area contributed by atoms with Crippen LogP contribution in [0, 0.1) is 0 Å². The van der Waals surface area contributed by atoms with Crippen LogP contribution >= 0.6 is 22.7 Å². The molecule has 1 fully saturated rings. The molecule has 0 atom stereocenters. The maximum atomic E-state index is 11.9. The lowest BCUT2D eigenvalue weighted by atomic mass is 10.3. The van der Waals surface area contributed by atoms with E-state index in [1.54, 1.807) is 28.7 Å². The van der Waals surface area contributed by atoms with E-state index < -0.39 is 0 Å². The number of hydrogen-bond acceptors (Lipinski definition) is 6. The number of nitrogens with one attached hydrogen (secondary N) is 1. The lowest BCUT2D eigenvalue weighted by Gasteiger charge is -2.34. The van der Waals surface area contributed by atoms with Gasteiger partial charge in [-0.15, -0.1) is 11.3 Å². The molecule has 3 heterocycles. The van der Waals surface area contributed by atoms with Crippen molar-refractivity contribution in [2.24, 2.45) is 0 Å². The molecule has 140 valence electrons. The Balaban J connectivity index is 1.20. The summed E-state index contributed by atoms with van der Waals surface area (Å²) >= 11 is 3.39. The van der Waals surface area contributed by atoms with Crippen molar-refractivity contribution in [3.05, 3.63) is 52.7 Å². The van der Waals surface area contributed by atoms with Gasteiger partial charge in [0.15, 0.2) is 5.13 Å². The highest BCUT2D eigenvalue weighted by Crippen LogP contribution is 2.28. The Bertz CT molecular complexity index is 878. The van der Waals surface area contributed by atoms with E-state index in [0.29, 0.717) is 6.54 Å². The molecule has 0 aliphatic carbocycles. The number of thiophene rings is 1. The summed E-state index contributed by atoms with van der Waals surface area (Å²) in [4.78, 5) is 22.5. The van der Waals surface area contributed by atoms with E-state index in [-0.39, 0.29) is 5.91 Å². The van der Waals surface area contributed by atoms with Crippen LogP contribution in [0.1, 0.15) is 4.88 Å². The van der Waals surface area contributed by atoms with Gasteiger partial charge in [0, 0.05) is 50.2 Å². The fourth-order valence-corrected chi connectivity index (χ4v) is 4.73. The molecule has 1 aliphatic heterocycles. The average Bonchev–Trinajstić information content (AvgIpc) is 3.36. The fraction of sp³-hybridized carbons (Fsp3) is 0.300. The van der Waals surface area contributed by atoms with E-state index in [1.807, 2.05) is 29.7 Å². The van der Waals surface area contributed by atoms with Crippen LogP contribution in [0.5, 0.6) is 0 Å². The minimum absolute atomic E-state index is 0.0310. The second-order valence-corrected chi connectivity index (χ2v) is 8.42. The molecule has 0 spiro atoms. The number of amides is 1. The summed E-state index contributed by atoms with van der Waals surface area (Å²) in [7, 11) is 0. The molecule has 3 aromatic rings. The molecule has 7 heteroatoms. The van der Waals surface area contributed by atoms with Crippen molar-refractivity contribution in [3.63, 3.8) is 0 Å². The molecule has 4 rings (SSSR count). The number of thiazole rings is 1. The molecular formula is C20H22N4OS2.